The molecular formula is C37H40Cl2N8O4. The molecule has 2 atom stereocenters. The van der Waals surface area contributed by atoms with Crippen LogP contribution < -0.4 is 25.4 Å². The molecular weight excluding hydrogens is 691 g/mol. The maximum atomic E-state index is 11.8. The summed E-state index contributed by atoms with van der Waals surface area (Å²) in [7, 11) is 3.12. The van der Waals surface area contributed by atoms with Crippen molar-refractivity contribution in [2.45, 2.75) is 57.8 Å². The van der Waals surface area contributed by atoms with Crippen molar-refractivity contribution >= 4 is 35.0 Å². The minimum absolute atomic E-state index is 0.0298. The molecule has 2 saturated heterocycles. The van der Waals surface area contributed by atoms with E-state index in [1.54, 1.807) is 32.8 Å². The zero-order valence-electron chi connectivity index (χ0n) is 28.7. The molecule has 0 saturated carbocycles. The van der Waals surface area contributed by atoms with Gasteiger partial charge in [-0.2, -0.15) is 0 Å². The molecule has 2 fully saturated rings. The second-order valence-corrected chi connectivity index (χ2v) is 13.1. The van der Waals surface area contributed by atoms with Crippen molar-refractivity contribution in [2.75, 3.05) is 27.3 Å². The van der Waals surface area contributed by atoms with E-state index in [0.29, 0.717) is 92.8 Å². The Morgan fingerprint density at radius 3 is 2.14 bits per heavy atom. The second kappa shape index (κ2) is 16.5. The molecule has 0 radical (unpaired) electrons. The van der Waals surface area contributed by atoms with E-state index < -0.39 is 0 Å². The lowest BCUT2D eigenvalue weighted by Crippen LogP contribution is -2.36. The number of amides is 2. The standard InChI is InChI=1S/C37H40Cl2N8O4/c1-4-32(48)44-23-14-16-47(20-23)21-31-37(51-3)46-29(19-42-31)27-10-6-8-25(35(27)39)24-7-5-9-26(34(24)38)28-18-41-30(36(45-28)50-2)17-40-15-13-22-11-12-33(49)43-22/h5-10,13,15,18-19,22-23,40H,4,11-12,14,16-17,20-21H2,1-3H3,(H,43,49)(H,44,48)/b15-13+. The number of likely N-dealkylation sites (tertiary alicyclic amines) is 1. The first-order valence-corrected chi connectivity index (χ1v) is 17.6. The van der Waals surface area contributed by atoms with Gasteiger partial charge in [-0.3, -0.25) is 24.5 Å². The minimum atomic E-state index is 0.0298. The van der Waals surface area contributed by atoms with E-state index in [2.05, 4.69) is 25.8 Å². The molecule has 4 heterocycles. The van der Waals surface area contributed by atoms with Crippen LogP contribution in [0.2, 0.25) is 10.0 Å². The summed E-state index contributed by atoms with van der Waals surface area (Å²) < 4.78 is 11.2. The first-order valence-electron chi connectivity index (χ1n) is 16.9. The van der Waals surface area contributed by atoms with Gasteiger partial charge in [-0.15, -0.1) is 0 Å². The molecule has 4 aromatic rings. The average Bonchev–Trinajstić information content (AvgIpc) is 3.78. The van der Waals surface area contributed by atoms with Crippen LogP contribution in [0, 0.1) is 0 Å². The van der Waals surface area contributed by atoms with Crippen LogP contribution in [0.25, 0.3) is 33.6 Å². The topological polar surface area (TPSA) is 143 Å². The van der Waals surface area contributed by atoms with Crippen LogP contribution in [0.5, 0.6) is 11.8 Å². The third kappa shape index (κ3) is 8.41. The molecule has 6 rings (SSSR count). The second-order valence-electron chi connectivity index (χ2n) is 12.4. The highest BCUT2D eigenvalue weighted by Gasteiger charge is 2.26. The first kappa shape index (κ1) is 36.0. The largest absolute Gasteiger partial charge is 0.480 e. The van der Waals surface area contributed by atoms with E-state index in [0.717, 1.165) is 25.9 Å². The van der Waals surface area contributed by atoms with E-state index >= 15 is 0 Å². The van der Waals surface area contributed by atoms with Crippen molar-refractivity contribution < 1.29 is 19.1 Å². The van der Waals surface area contributed by atoms with Crippen LogP contribution in [-0.4, -0.2) is 76.0 Å². The van der Waals surface area contributed by atoms with Gasteiger partial charge >= 0.3 is 0 Å². The lowest BCUT2D eigenvalue weighted by Gasteiger charge is -2.18. The van der Waals surface area contributed by atoms with E-state index in [4.69, 9.17) is 47.6 Å². The van der Waals surface area contributed by atoms with E-state index in [9.17, 15) is 9.59 Å². The average molecular weight is 732 g/mol. The molecule has 2 amide bonds. The van der Waals surface area contributed by atoms with Gasteiger partial charge < -0.3 is 25.4 Å². The number of nitrogens with one attached hydrogen (secondary N) is 3. The molecule has 51 heavy (non-hydrogen) atoms. The number of methoxy groups -OCH3 is 2. The molecule has 0 aliphatic carbocycles. The van der Waals surface area contributed by atoms with Gasteiger partial charge in [0.25, 0.3) is 0 Å². The monoisotopic (exact) mass is 730 g/mol. The Balaban J connectivity index is 1.20. The zero-order valence-corrected chi connectivity index (χ0v) is 30.2. The maximum absolute atomic E-state index is 11.8. The minimum Gasteiger partial charge on any atom is -0.480 e. The summed E-state index contributed by atoms with van der Waals surface area (Å²) in [4.78, 5) is 44.3. The van der Waals surface area contributed by atoms with Crippen molar-refractivity contribution in [2.24, 2.45) is 0 Å². The smallest absolute Gasteiger partial charge is 0.237 e. The van der Waals surface area contributed by atoms with Crippen LogP contribution in [0.1, 0.15) is 44.0 Å². The molecule has 0 bridgehead atoms. The summed E-state index contributed by atoms with van der Waals surface area (Å²) in [5.41, 5.74) is 5.22. The molecule has 2 aromatic carbocycles. The Morgan fingerprint density at radius 1 is 0.941 bits per heavy atom. The molecule has 2 aliphatic heterocycles. The highest BCUT2D eigenvalue weighted by atomic mass is 35.5. The predicted octanol–water partition coefficient (Wildman–Crippen LogP) is 5.57. The summed E-state index contributed by atoms with van der Waals surface area (Å²) in [5, 5.41) is 10.1. The quantitative estimate of drug-likeness (QED) is 0.160. The van der Waals surface area contributed by atoms with Crippen LogP contribution >= 0.6 is 23.2 Å². The van der Waals surface area contributed by atoms with Gasteiger partial charge in [-0.25, -0.2) is 9.97 Å². The van der Waals surface area contributed by atoms with Crippen LogP contribution in [0.15, 0.2) is 61.1 Å². The normalized spacial score (nSPS) is 17.5. The molecule has 2 aromatic heterocycles. The third-order valence-corrected chi connectivity index (χ3v) is 9.74. The number of rotatable bonds is 13. The molecule has 2 unspecified atom stereocenters. The van der Waals surface area contributed by atoms with Crippen LogP contribution in [0.3, 0.4) is 0 Å². The van der Waals surface area contributed by atoms with Gasteiger partial charge in [-0.05, 0) is 25.1 Å². The fraction of sp³-hybridized carbons (Fsp3) is 0.351. The van der Waals surface area contributed by atoms with Crippen LogP contribution in [0.4, 0.5) is 0 Å². The Kier molecular flexibility index (Phi) is 11.7. The van der Waals surface area contributed by atoms with Crippen molar-refractivity contribution in [1.29, 1.82) is 0 Å². The van der Waals surface area contributed by atoms with Crippen molar-refractivity contribution in [3.63, 3.8) is 0 Å². The molecule has 266 valence electrons. The Bertz CT molecular complexity index is 1940. The summed E-state index contributed by atoms with van der Waals surface area (Å²) in [6, 6.07) is 11.5. The Labute approximate surface area is 307 Å². The summed E-state index contributed by atoms with van der Waals surface area (Å²) in [6.07, 6.45) is 9.77. The number of carbonyl (C=O) groups is 2. The van der Waals surface area contributed by atoms with Gasteiger partial charge in [0.15, 0.2) is 0 Å². The van der Waals surface area contributed by atoms with E-state index in [1.165, 1.54) is 0 Å². The maximum Gasteiger partial charge on any atom is 0.237 e. The molecule has 2 aliphatic rings. The first-order chi connectivity index (χ1) is 24.8. The highest BCUT2D eigenvalue weighted by molar-refractivity contribution is 6.39. The van der Waals surface area contributed by atoms with Crippen molar-refractivity contribution in [3.8, 4) is 45.4 Å². The summed E-state index contributed by atoms with van der Waals surface area (Å²) >= 11 is 14.1. The van der Waals surface area contributed by atoms with Gasteiger partial charge in [0.1, 0.15) is 11.4 Å². The summed E-state index contributed by atoms with van der Waals surface area (Å²) in [6.45, 7) is 4.37. The molecule has 3 N–H and O–H groups in total. The lowest BCUT2D eigenvalue weighted by atomic mass is 9.98. The van der Waals surface area contributed by atoms with Crippen molar-refractivity contribution in [3.05, 3.63) is 82.5 Å². The number of ether oxygens (including phenoxy) is 2. The predicted molar refractivity (Wildman–Crippen MR) is 196 cm³/mol. The van der Waals surface area contributed by atoms with E-state index in [1.807, 2.05) is 49.4 Å². The fourth-order valence-corrected chi connectivity index (χ4v) is 6.89. The number of benzene rings is 2. The number of hydrogen-bond donors (Lipinski definition) is 3. The highest BCUT2D eigenvalue weighted by Crippen LogP contribution is 2.42. The Hall–Kier alpha value is -4.78. The Morgan fingerprint density at radius 2 is 1.55 bits per heavy atom. The molecule has 12 nitrogen and oxygen atoms in total. The molecule has 0 spiro atoms. The lowest BCUT2D eigenvalue weighted by molar-refractivity contribution is -0.121. The van der Waals surface area contributed by atoms with Gasteiger partial charge in [-0.1, -0.05) is 66.5 Å². The number of carbonyl (C=O) groups excluding carboxylic acids is 2. The van der Waals surface area contributed by atoms with Gasteiger partial charge in [0, 0.05) is 66.8 Å². The third-order valence-electron chi connectivity index (χ3n) is 8.93. The number of hydrogen-bond acceptors (Lipinski definition) is 10. The SMILES string of the molecule is CCC(=O)NC1CCN(Cc2ncc(-c3cccc(-c4cccc(-c5cnc(CN/C=C/C6CCC(=O)N6)c(OC)n5)c4Cl)c3Cl)nc2OC)C1. The number of aromatic nitrogens is 4. The van der Waals surface area contributed by atoms with E-state index in [-0.39, 0.29) is 23.9 Å². The van der Waals surface area contributed by atoms with Gasteiger partial charge in [0.05, 0.1) is 54.6 Å². The van der Waals surface area contributed by atoms with Crippen LogP contribution in [-0.2, 0) is 22.7 Å². The van der Waals surface area contributed by atoms with Crippen molar-refractivity contribution in [1.82, 2.24) is 40.8 Å². The summed E-state index contributed by atoms with van der Waals surface area (Å²) in [5.74, 6) is 0.910. The zero-order chi connectivity index (χ0) is 35.9. The fourth-order valence-electron chi connectivity index (χ4n) is 6.24. The number of nitrogens with zero attached hydrogens (tertiary/aromatic N) is 5. The van der Waals surface area contributed by atoms with Gasteiger partial charge in [0.2, 0.25) is 23.6 Å². The number of halogens is 2. The molecule has 14 heteroatoms.